The van der Waals surface area contributed by atoms with Crippen molar-refractivity contribution in [2.75, 3.05) is 37.7 Å². The second-order valence-corrected chi connectivity index (χ2v) is 10.4. The van der Waals surface area contributed by atoms with Crippen molar-refractivity contribution < 1.29 is 14.6 Å². The molecule has 1 aliphatic carbocycles. The maximum absolute atomic E-state index is 11.3. The maximum Gasteiger partial charge on any atom is 0.407 e. The van der Waals surface area contributed by atoms with Gasteiger partial charge in [0.25, 0.3) is 0 Å². The van der Waals surface area contributed by atoms with E-state index in [-0.39, 0.29) is 11.5 Å². The van der Waals surface area contributed by atoms with Crippen LogP contribution >= 0.6 is 11.6 Å². The Balaban J connectivity index is 1.30. The molecule has 6 rings (SSSR count). The molecule has 10 heteroatoms. The van der Waals surface area contributed by atoms with Gasteiger partial charge in [0.05, 0.1) is 17.4 Å². The van der Waals surface area contributed by atoms with Crippen LogP contribution in [-0.4, -0.2) is 68.6 Å². The summed E-state index contributed by atoms with van der Waals surface area (Å²) in [6.07, 6.45) is 7.07. The monoisotopic (exact) mass is 510 g/mol. The molecule has 2 fully saturated rings. The summed E-state index contributed by atoms with van der Waals surface area (Å²) >= 11 is 6.41. The van der Waals surface area contributed by atoms with Gasteiger partial charge in [-0.3, -0.25) is 0 Å². The standard InChI is InChI=1S/C26H31ClN6O3/c1-16-5-8-21-19(15-28-33(21)22-4-2-3-13-36-22)23(16)17-6-7-18-20(14-17)29-25(27)30-24(18)31-9-11-32(12-10-31)26(34)35/h5,8,15,17,22H,2-4,6-7,9-14H2,1H3,(H,34,35). The largest absolute Gasteiger partial charge is 0.465 e. The van der Waals surface area contributed by atoms with Gasteiger partial charge in [-0.2, -0.15) is 5.10 Å². The molecule has 0 spiro atoms. The quantitative estimate of drug-likeness (QED) is 0.516. The normalized spacial score (nSPS) is 22.6. The van der Waals surface area contributed by atoms with Crippen molar-refractivity contribution in [3.63, 3.8) is 0 Å². The molecular weight excluding hydrogens is 480 g/mol. The van der Waals surface area contributed by atoms with Gasteiger partial charge in [-0.25, -0.2) is 19.4 Å². The van der Waals surface area contributed by atoms with E-state index in [1.165, 1.54) is 21.4 Å². The molecule has 1 N–H and O–H groups in total. The first-order valence-corrected chi connectivity index (χ1v) is 13.2. The predicted octanol–water partition coefficient (Wildman–Crippen LogP) is 4.56. The average molecular weight is 511 g/mol. The highest BCUT2D eigenvalue weighted by Gasteiger charge is 2.31. The number of aromatic nitrogens is 4. The van der Waals surface area contributed by atoms with Crippen molar-refractivity contribution in [1.82, 2.24) is 24.6 Å². The Bertz CT molecular complexity index is 1300. The van der Waals surface area contributed by atoms with Gasteiger partial charge in [-0.1, -0.05) is 6.07 Å². The van der Waals surface area contributed by atoms with E-state index in [0.29, 0.717) is 32.1 Å². The number of rotatable bonds is 3. The van der Waals surface area contributed by atoms with Crippen molar-refractivity contribution in [2.45, 2.75) is 57.6 Å². The fraction of sp³-hybridized carbons (Fsp3) is 0.538. The van der Waals surface area contributed by atoms with Gasteiger partial charge in [-0.15, -0.1) is 0 Å². The highest BCUT2D eigenvalue weighted by atomic mass is 35.5. The van der Waals surface area contributed by atoms with E-state index in [9.17, 15) is 9.90 Å². The van der Waals surface area contributed by atoms with Crippen LogP contribution in [0.4, 0.5) is 10.6 Å². The number of ether oxygens (including phenoxy) is 1. The summed E-state index contributed by atoms with van der Waals surface area (Å²) in [4.78, 5) is 24.2. The molecule has 190 valence electrons. The summed E-state index contributed by atoms with van der Waals surface area (Å²) in [5.74, 6) is 1.18. The summed E-state index contributed by atoms with van der Waals surface area (Å²) in [5.41, 5.74) is 5.89. The first-order valence-electron chi connectivity index (χ1n) is 12.9. The minimum Gasteiger partial charge on any atom is -0.465 e. The zero-order chi connectivity index (χ0) is 24.8. The SMILES string of the molecule is Cc1ccc2c(cnn2C2CCCCO2)c1C1CCc2c(nc(Cl)nc2N2CCN(C(=O)O)CC2)C1. The van der Waals surface area contributed by atoms with Crippen LogP contribution in [0.3, 0.4) is 0 Å². The maximum atomic E-state index is 11.3. The van der Waals surface area contributed by atoms with E-state index in [0.717, 1.165) is 67.7 Å². The molecule has 0 radical (unpaired) electrons. The third kappa shape index (κ3) is 4.18. The Kier molecular flexibility index (Phi) is 6.21. The Morgan fingerprint density at radius 1 is 1.14 bits per heavy atom. The Labute approximate surface area is 215 Å². The molecule has 0 saturated carbocycles. The molecule has 2 unspecified atom stereocenters. The smallest absolute Gasteiger partial charge is 0.407 e. The second kappa shape index (κ2) is 9.52. The summed E-state index contributed by atoms with van der Waals surface area (Å²) in [7, 11) is 0. The number of hydrogen-bond acceptors (Lipinski definition) is 6. The summed E-state index contributed by atoms with van der Waals surface area (Å²) < 4.78 is 8.08. The van der Waals surface area contributed by atoms with Gasteiger partial charge in [0, 0.05) is 43.7 Å². The topological polar surface area (TPSA) is 96.6 Å². The molecule has 2 atom stereocenters. The van der Waals surface area contributed by atoms with Crippen LogP contribution in [0, 0.1) is 6.92 Å². The van der Waals surface area contributed by atoms with Gasteiger partial charge in [-0.05, 0) is 80.2 Å². The number of aryl methyl sites for hydroxylation is 1. The van der Waals surface area contributed by atoms with E-state index in [2.05, 4.69) is 38.6 Å². The highest BCUT2D eigenvalue weighted by Crippen LogP contribution is 2.40. The molecule has 0 bridgehead atoms. The summed E-state index contributed by atoms with van der Waals surface area (Å²) in [5, 5.41) is 15.5. The fourth-order valence-electron chi connectivity index (χ4n) is 6.12. The van der Waals surface area contributed by atoms with Gasteiger partial charge in [0.1, 0.15) is 5.82 Å². The Hall–Kier alpha value is -2.91. The number of benzene rings is 1. The lowest BCUT2D eigenvalue weighted by atomic mass is 9.79. The molecule has 36 heavy (non-hydrogen) atoms. The van der Waals surface area contributed by atoms with Crippen LogP contribution in [0.1, 0.15) is 60.2 Å². The van der Waals surface area contributed by atoms with E-state index < -0.39 is 6.09 Å². The van der Waals surface area contributed by atoms with Crippen LogP contribution in [0.25, 0.3) is 10.9 Å². The van der Waals surface area contributed by atoms with Gasteiger partial charge < -0.3 is 19.6 Å². The number of hydrogen-bond donors (Lipinski definition) is 1. The zero-order valence-electron chi connectivity index (χ0n) is 20.5. The number of carbonyl (C=O) groups is 1. The second-order valence-electron chi connectivity index (χ2n) is 10.1. The molecular formula is C26H31ClN6O3. The van der Waals surface area contributed by atoms with Crippen LogP contribution in [0.5, 0.6) is 0 Å². The number of carboxylic acid groups (broad SMARTS) is 1. The van der Waals surface area contributed by atoms with E-state index in [1.54, 1.807) is 0 Å². The van der Waals surface area contributed by atoms with Crippen LogP contribution in [0.15, 0.2) is 18.3 Å². The number of nitrogens with zero attached hydrogens (tertiary/aromatic N) is 6. The molecule has 1 aromatic carbocycles. The molecule has 2 aliphatic heterocycles. The minimum atomic E-state index is -0.872. The number of anilines is 1. The fourth-order valence-corrected chi connectivity index (χ4v) is 6.31. The van der Waals surface area contributed by atoms with Gasteiger partial charge in [0.2, 0.25) is 5.28 Å². The number of fused-ring (bicyclic) bond motifs is 2. The summed E-state index contributed by atoms with van der Waals surface area (Å²) in [6, 6.07) is 4.37. The number of halogens is 1. The van der Waals surface area contributed by atoms with E-state index >= 15 is 0 Å². The highest BCUT2D eigenvalue weighted by molar-refractivity contribution is 6.28. The van der Waals surface area contributed by atoms with Gasteiger partial charge in [0.15, 0.2) is 6.23 Å². The van der Waals surface area contributed by atoms with Crippen LogP contribution in [-0.2, 0) is 17.6 Å². The minimum absolute atomic E-state index is 0.00888. The Morgan fingerprint density at radius 2 is 1.97 bits per heavy atom. The lowest BCUT2D eigenvalue weighted by Gasteiger charge is -2.36. The van der Waals surface area contributed by atoms with Crippen molar-refractivity contribution >= 4 is 34.4 Å². The number of amides is 1. The van der Waals surface area contributed by atoms with E-state index in [1.807, 2.05) is 6.20 Å². The van der Waals surface area contributed by atoms with Crippen molar-refractivity contribution in [3.05, 3.63) is 46.0 Å². The van der Waals surface area contributed by atoms with E-state index in [4.69, 9.17) is 21.4 Å². The molecule has 1 amide bonds. The molecule has 3 aromatic rings. The lowest BCUT2D eigenvalue weighted by molar-refractivity contribution is -0.0366. The van der Waals surface area contributed by atoms with Crippen molar-refractivity contribution in [1.29, 1.82) is 0 Å². The van der Waals surface area contributed by atoms with Crippen molar-refractivity contribution in [2.24, 2.45) is 0 Å². The first-order chi connectivity index (χ1) is 17.5. The molecule has 2 aromatic heterocycles. The third-order valence-electron chi connectivity index (χ3n) is 7.95. The molecule has 4 heterocycles. The molecule has 9 nitrogen and oxygen atoms in total. The van der Waals surface area contributed by atoms with Crippen LogP contribution in [0.2, 0.25) is 5.28 Å². The average Bonchev–Trinajstić information content (AvgIpc) is 3.32. The molecule has 3 aliphatic rings. The molecule has 2 saturated heterocycles. The van der Waals surface area contributed by atoms with Gasteiger partial charge >= 0.3 is 6.09 Å². The van der Waals surface area contributed by atoms with Crippen molar-refractivity contribution in [3.8, 4) is 0 Å². The first kappa shape index (κ1) is 23.5. The zero-order valence-corrected chi connectivity index (χ0v) is 21.2. The predicted molar refractivity (Wildman–Crippen MR) is 137 cm³/mol. The lowest BCUT2D eigenvalue weighted by Crippen LogP contribution is -2.49. The number of piperazine rings is 1. The Morgan fingerprint density at radius 3 is 2.72 bits per heavy atom. The third-order valence-corrected chi connectivity index (χ3v) is 8.12. The summed E-state index contributed by atoms with van der Waals surface area (Å²) in [6.45, 7) is 5.11. The van der Waals surface area contributed by atoms with Crippen LogP contribution < -0.4 is 4.90 Å².